The number of carbonyl (C=O) groups is 3. The lowest BCUT2D eigenvalue weighted by Crippen LogP contribution is -2.50. The van der Waals surface area contributed by atoms with E-state index in [-0.39, 0.29) is 18.4 Å². The summed E-state index contributed by atoms with van der Waals surface area (Å²) in [5, 5.41) is 6.04. The Morgan fingerprint density at radius 2 is 1.31 bits per heavy atom. The summed E-state index contributed by atoms with van der Waals surface area (Å²) >= 11 is 0. The summed E-state index contributed by atoms with van der Waals surface area (Å²) in [6, 6.07) is 16.2. The molecule has 190 valence electrons. The lowest BCUT2D eigenvalue weighted by atomic mass is 9.99. The summed E-state index contributed by atoms with van der Waals surface area (Å²) in [7, 11) is 1.33. The Bertz CT molecular complexity index is 931. The van der Waals surface area contributed by atoms with E-state index in [1.165, 1.54) is 7.11 Å². The highest BCUT2D eigenvalue weighted by Gasteiger charge is 2.32. The monoisotopic (exact) mass is 482 g/mol. The van der Waals surface area contributed by atoms with Crippen LogP contribution < -0.4 is 10.6 Å². The van der Waals surface area contributed by atoms with Gasteiger partial charge in [-0.1, -0.05) is 88.4 Å². The van der Waals surface area contributed by atoms with Gasteiger partial charge in [-0.2, -0.15) is 0 Å². The van der Waals surface area contributed by atoms with Gasteiger partial charge in [0.25, 0.3) is 0 Å². The first-order valence-corrected chi connectivity index (χ1v) is 12.1. The van der Waals surface area contributed by atoms with Crippen LogP contribution in [0.4, 0.5) is 0 Å². The van der Waals surface area contributed by atoms with Crippen molar-refractivity contribution in [3.8, 4) is 0 Å². The van der Waals surface area contributed by atoms with Crippen LogP contribution in [0, 0.1) is 11.8 Å². The molecule has 2 aromatic rings. The quantitative estimate of drug-likeness (QED) is 0.416. The summed E-state index contributed by atoms with van der Waals surface area (Å²) < 4.78 is 10.5. The van der Waals surface area contributed by atoms with Gasteiger partial charge in [-0.3, -0.25) is 14.9 Å². The topological polar surface area (TPSA) is 93.7 Å². The Labute approximate surface area is 208 Å². The zero-order valence-corrected chi connectivity index (χ0v) is 21.3. The molecular formula is C28H38N2O5. The summed E-state index contributed by atoms with van der Waals surface area (Å²) in [5.74, 6) is -0.983. The Hall–Kier alpha value is -3.19. The third kappa shape index (κ3) is 9.53. The highest BCUT2D eigenvalue weighted by atomic mass is 16.5. The van der Waals surface area contributed by atoms with E-state index in [0.717, 1.165) is 5.56 Å². The molecule has 0 aliphatic heterocycles. The molecule has 3 atom stereocenters. The second-order valence-corrected chi connectivity index (χ2v) is 9.50. The van der Waals surface area contributed by atoms with Crippen LogP contribution in [0.3, 0.4) is 0 Å². The van der Waals surface area contributed by atoms with Crippen LogP contribution >= 0.6 is 0 Å². The van der Waals surface area contributed by atoms with Gasteiger partial charge in [-0.05, 0) is 35.8 Å². The van der Waals surface area contributed by atoms with Crippen molar-refractivity contribution in [3.05, 3.63) is 71.8 Å². The van der Waals surface area contributed by atoms with E-state index in [2.05, 4.69) is 10.6 Å². The minimum Gasteiger partial charge on any atom is -0.468 e. The molecule has 2 N–H and O–H groups in total. The first-order chi connectivity index (χ1) is 16.7. The van der Waals surface area contributed by atoms with Crippen molar-refractivity contribution in [1.82, 2.24) is 10.6 Å². The van der Waals surface area contributed by atoms with Gasteiger partial charge in [0.15, 0.2) is 0 Å². The SMILES string of the molecule is COC(=O)[C@H](CC(C)C)N[C@@H](C(=O)N[C@@H](CC(C)C)C(=O)OCc1ccccc1)c1ccccc1. The normalized spacial score (nSPS) is 13.7. The molecule has 7 heteroatoms. The molecule has 0 fully saturated rings. The summed E-state index contributed by atoms with van der Waals surface area (Å²) in [6.45, 7) is 8.08. The van der Waals surface area contributed by atoms with Crippen molar-refractivity contribution in [3.63, 3.8) is 0 Å². The van der Waals surface area contributed by atoms with E-state index < -0.39 is 36.0 Å². The molecule has 0 spiro atoms. The Balaban J connectivity index is 2.22. The maximum absolute atomic E-state index is 13.5. The number of ether oxygens (including phenoxy) is 2. The van der Waals surface area contributed by atoms with Crippen LogP contribution in [0.1, 0.15) is 57.7 Å². The third-order valence-corrected chi connectivity index (χ3v) is 5.49. The minimum atomic E-state index is -0.851. The number of hydrogen-bond acceptors (Lipinski definition) is 6. The van der Waals surface area contributed by atoms with Crippen LogP contribution in [-0.2, 0) is 30.5 Å². The molecule has 1 amide bonds. The average Bonchev–Trinajstić information content (AvgIpc) is 2.84. The summed E-state index contributed by atoms with van der Waals surface area (Å²) in [4.78, 5) is 38.9. The third-order valence-electron chi connectivity index (χ3n) is 5.49. The van der Waals surface area contributed by atoms with Gasteiger partial charge in [0.1, 0.15) is 24.7 Å². The Morgan fingerprint density at radius 3 is 1.86 bits per heavy atom. The van der Waals surface area contributed by atoms with E-state index >= 15 is 0 Å². The molecule has 0 heterocycles. The summed E-state index contributed by atoms with van der Waals surface area (Å²) in [6.07, 6.45) is 0.922. The lowest BCUT2D eigenvalue weighted by Gasteiger charge is -2.27. The molecule has 35 heavy (non-hydrogen) atoms. The number of carbonyl (C=O) groups excluding carboxylic acids is 3. The number of benzene rings is 2. The molecule has 0 bridgehead atoms. The second-order valence-electron chi connectivity index (χ2n) is 9.50. The van der Waals surface area contributed by atoms with E-state index in [1.54, 1.807) is 0 Å². The predicted molar refractivity (Wildman–Crippen MR) is 135 cm³/mol. The maximum atomic E-state index is 13.5. The van der Waals surface area contributed by atoms with Crippen molar-refractivity contribution in [2.75, 3.05) is 7.11 Å². The molecule has 0 aliphatic carbocycles. The van der Waals surface area contributed by atoms with Crippen molar-refractivity contribution in [1.29, 1.82) is 0 Å². The zero-order chi connectivity index (χ0) is 25.8. The van der Waals surface area contributed by atoms with Gasteiger partial charge in [0, 0.05) is 0 Å². The number of nitrogens with one attached hydrogen (secondary N) is 2. The molecule has 7 nitrogen and oxygen atoms in total. The standard InChI is InChI=1S/C28H38N2O5/c1-19(2)16-23(27(32)34-5)29-25(22-14-10-7-11-15-22)26(31)30-24(17-20(3)4)28(33)35-18-21-12-8-6-9-13-21/h6-15,19-20,23-25,29H,16-18H2,1-5H3,(H,30,31)/t23-,24-,25+/m0/s1. The first kappa shape index (κ1) is 28.1. The van der Waals surface area contributed by atoms with Gasteiger partial charge in [0.05, 0.1) is 7.11 Å². The molecule has 0 saturated heterocycles. The highest BCUT2D eigenvalue weighted by Crippen LogP contribution is 2.18. The largest absolute Gasteiger partial charge is 0.468 e. The lowest BCUT2D eigenvalue weighted by molar-refractivity contribution is -0.150. The zero-order valence-electron chi connectivity index (χ0n) is 21.3. The smallest absolute Gasteiger partial charge is 0.328 e. The molecular weight excluding hydrogens is 444 g/mol. The average molecular weight is 483 g/mol. The van der Waals surface area contributed by atoms with Crippen molar-refractivity contribution < 1.29 is 23.9 Å². The first-order valence-electron chi connectivity index (χ1n) is 12.1. The molecule has 0 radical (unpaired) electrons. The number of rotatable bonds is 13. The van der Waals surface area contributed by atoms with Gasteiger partial charge in [-0.25, -0.2) is 4.79 Å². The van der Waals surface area contributed by atoms with Gasteiger partial charge in [-0.15, -0.1) is 0 Å². The minimum absolute atomic E-state index is 0.128. The molecule has 0 saturated carbocycles. The summed E-state index contributed by atoms with van der Waals surface area (Å²) in [5.41, 5.74) is 1.55. The maximum Gasteiger partial charge on any atom is 0.328 e. The van der Waals surface area contributed by atoms with E-state index in [1.807, 2.05) is 88.4 Å². The van der Waals surface area contributed by atoms with Crippen LogP contribution in [0.5, 0.6) is 0 Å². The Morgan fingerprint density at radius 1 is 0.771 bits per heavy atom. The molecule has 2 aromatic carbocycles. The molecule has 0 unspecified atom stereocenters. The molecule has 0 aliphatic rings. The second kappa shape index (κ2) is 14.3. The molecule has 2 rings (SSSR count). The van der Waals surface area contributed by atoms with Crippen molar-refractivity contribution in [2.45, 2.75) is 65.3 Å². The van der Waals surface area contributed by atoms with Crippen LogP contribution in [0.15, 0.2) is 60.7 Å². The number of methoxy groups -OCH3 is 1. The Kier molecular flexibility index (Phi) is 11.4. The van der Waals surface area contributed by atoms with Gasteiger partial charge in [0.2, 0.25) is 5.91 Å². The van der Waals surface area contributed by atoms with Crippen molar-refractivity contribution in [2.24, 2.45) is 11.8 Å². The predicted octanol–water partition coefficient (Wildman–Crippen LogP) is 4.18. The van der Waals surface area contributed by atoms with Gasteiger partial charge >= 0.3 is 11.9 Å². The van der Waals surface area contributed by atoms with E-state index in [9.17, 15) is 14.4 Å². The van der Waals surface area contributed by atoms with Gasteiger partial charge < -0.3 is 14.8 Å². The fourth-order valence-electron chi connectivity index (χ4n) is 3.79. The fourth-order valence-corrected chi connectivity index (χ4v) is 3.79. The highest BCUT2D eigenvalue weighted by molar-refractivity contribution is 5.89. The van der Waals surface area contributed by atoms with E-state index in [4.69, 9.17) is 9.47 Å². The van der Waals surface area contributed by atoms with Crippen LogP contribution in [0.25, 0.3) is 0 Å². The van der Waals surface area contributed by atoms with Crippen molar-refractivity contribution >= 4 is 17.8 Å². The van der Waals surface area contributed by atoms with Crippen LogP contribution in [-0.4, -0.2) is 37.0 Å². The number of esters is 2. The van der Waals surface area contributed by atoms with Crippen LogP contribution in [0.2, 0.25) is 0 Å². The molecule has 0 aromatic heterocycles. The number of hydrogen-bond donors (Lipinski definition) is 2. The number of amides is 1. The van der Waals surface area contributed by atoms with E-state index in [0.29, 0.717) is 18.4 Å². The fraction of sp³-hybridized carbons (Fsp3) is 0.464.